The first-order valence-electron chi connectivity index (χ1n) is 8.52. The van der Waals surface area contributed by atoms with Crippen molar-refractivity contribution in [3.05, 3.63) is 35.9 Å². The zero-order valence-electron chi connectivity index (χ0n) is 15.9. The molecule has 0 bridgehead atoms. The SMILES string of the molecule is CC1(C)O[C@H](CO[Si](C)(C)C(C)(C)C)[C@H](C(=O)c2ccccc2)O1. The lowest BCUT2D eigenvalue weighted by molar-refractivity contribution is -0.146. The predicted octanol–water partition coefficient (Wildman–Crippen LogP) is 4.41. The van der Waals surface area contributed by atoms with E-state index in [0.29, 0.717) is 12.2 Å². The number of hydrogen-bond donors (Lipinski definition) is 0. The molecule has 1 aromatic carbocycles. The van der Waals surface area contributed by atoms with E-state index < -0.39 is 20.2 Å². The molecule has 0 unspecified atom stereocenters. The van der Waals surface area contributed by atoms with E-state index in [1.165, 1.54) is 0 Å². The minimum atomic E-state index is -1.91. The second-order valence-corrected chi connectivity index (χ2v) is 13.2. The largest absolute Gasteiger partial charge is 0.414 e. The highest BCUT2D eigenvalue weighted by molar-refractivity contribution is 6.74. The molecule has 0 N–H and O–H groups in total. The van der Waals surface area contributed by atoms with Crippen molar-refractivity contribution in [1.29, 1.82) is 0 Å². The van der Waals surface area contributed by atoms with Crippen molar-refractivity contribution in [2.45, 2.75) is 70.7 Å². The van der Waals surface area contributed by atoms with Crippen molar-refractivity contribution in [2.75, 3.05) is 6.61 Å². The highest BCUT2D eigenvalue weighted by Crippen LogP contribution is 2.38. The molecule has 1 aliphatic heterocycles. The topological polar surface area (TPSA) is 44.8 Å². The van der Waals surface area contributed by atoms with Gasteiger partial charge in [-0.15, -0.1) is 0 Å². The summed E-state index contributed by atoms with van der Waals surface area (Å²) in [6.45, 7) is 15.0. The number of carbonyl (C=O) groups is 1. The lowest BCUT2D eigenvalue weighted by atomic mass is 10.0. The van der Waals surface area contributed by atoms with Crippen LogP contribution in [0.1, 0.15) is 45.0 Å². The van der Waals surface area contributed by atoms with Crippen molar-refractivity contribution in [2.24, 2.45) is 0 Å². The van der Waals surface area contributed by atoms with Gasteiger partial charge in [0.15, 0.2) is 26.0 Å². The molecule has 0 radical (unpaired) electrons. The van der Waals surface area contributed by atoms with Gasteiger partial charge in [0.05, 0.1) is 6.61 Å². The van der Waals surface area contributed by atoms with Crippen LogP contribution in [0.2, 0.25) is 18.1 Å². The van der Waals surface area contributed by atoms with Gasteiger partial charge in [0, 0.05) is 5.56 Å². The molecule has 0 spiro atoms. The molecule has 5 heteroatoms. The molecule has 1 aromatic rings. The number of ketones is 1. The average Bonchev–Trinajstić information content (AvgIpc) is 2.79. The monoisotopic (exact) mass is 350 g/mol. The first-order valence-corrected chi connectivity index (χ1v) is 11.4. The number of rotatable bonds is 5. The van der Waals surface area contributed by atoms with E-state index >= 15 is 0 Å². The Bertz CT molecular complexity index is 575. The van der Waals surface area contributed by atoms with Crippen LogP contribution >= 0.6 is 0 Å². The molecule has 4 nitrogen and oxygen atoms in total. The van der Waals surface area contributed by atoms with Crippen LogP contribution in [-0.4, -0.2) is 38.7 Å². The maximum absolute atomic E-state index is 12.8. The molecule has 0 aliphatic carbocycles. The van der Waals surface area contributed by atoms with Gasteiger partial charge in [0.1, 0.15) is 6.10 Å². The van der Waals surface area contributed by atoms with Crippen LogP contribution in [0.5, 0.6) is 0 Å². The summed E-state index contributed by atoms with van der Waals surface area (Å²) in [5, 5.41) is 0.112. The maximum atomic E-state index is 12.8. The number of Topliss-reactive ketones (excluding diaryl/α,β-unsaturated/α-hetero) is 1. The molecule has 134 valence electrons. The van der Waals surface area contributed by atoms with Gasteiger partial charge in [-0.3, -0.25) is 4.79 Å². The van der Waals surface area contributed by atoms with Crippen molar-refractivity contribution < 1.29 is 18.7 Å². The lowest BCUT2D eigenvalue weighted by Crippen LogP contribution is -2.45. The van der Waals surface area contributed by atoms with Crippen LogP contribution in [0.4, 0.5) is 0 Å². The Kier molecular flexibility index (Phi) is 5.40. The zero-order valence-corrected chi connectivity index (χ0v) is 16.9. The quantitative estimate of drug-likeness (QED) is 0.583. The molecule has 2 atom stereocenters. The van der Waals surface area contributed by atoms with E-state index in [1.54, 1.807) is 0 Å². The average molecular weight is 351 g/mol. The summed E-state index contributed by atoms with van der Waals surface area (Å²) in [4.78, 5) is 12.8. The van der Waals surface area contributed by atoms with Gasteiger partial charge >= 0.3 is 0 Å². The molecule has 0 aromatic heterocycles. The van der Waals surface area contributed by atoms with Gasteiger partial charge < -0.3 is 13.9 Å². The minimum absolute atomic E-state index is 0.0509. The van der Waals surface area contributed by atoms with E-state index in [-0.39, 0.29) is 16.9 Å². The van der Waals surface area contributed by atoms with E-state index in [4.69, 9.17) is 13.9 Å². The normalized spacial score (nSPS) is 24.1. The number of hydrogen-bond acceptors (Lipinski definition) is 4. The molecular formula is C19H30O4Si. The van der Waals surface area contributed by atoms with Crippen molar-refractivity contribution in [1.82, 2.24) is 0 Å². The molecule has 0 saturated carbocycles. The molecule has 1 heterocycles. The van der Waals surface area contributed by atoms with Crippen LogP contribution < -0.4 is 0 Å². The van der Waals surface area contributed by atoms with Gasteiger partial charge in [0.25, 0.3) is 0 Å². The first-order chi connectivity index (χ1) is 10.9. The minimum Gasteiger partial charge on any atom is -0.414 e. The lowest BCUT2D eigenvalue weighted by Gasteiger charge is -2.37. The fraction of sp³-hybridized carbons (Fsp3) is 0.632. The van der Waals surface area contributed by atoms with Crippen LogP contribution in [-0.2, 0) is 13.9 Å². The van der Waals surface area contributed by atoms with Gasteiger partial charge in [-0.05, 0) is 32.0 Å². The summed E-state index contributed by atoms with van der Waals surface area (Å²) >= 11 is 0. The third kappa shape index (κ3) is 4.33. The third-order valence-corrected chi connectivity index (χ3v) is 9.42. The summed E-state index contributed by atoms with van der Waals surface area (Å²) in [5.41, 5.74) is 0.640. The molecular weight excluding hydrogens is 320 g/mol. The van der Waals surface area contributed by atoms with E-state index in [9.17, 15) is 4.79 Å². The number of carbonyl (C=O) groups excluding carboxylic acids is 1. The Hall–Kier alpha value is -1.01. The van der Waals surface area contributed by atoms with E-state index in [1.807, 2.05) is 44.2 Å². The van der Waals surface area contributed by atoms with Crippen molar-refractivity contribution in [3.8, 4) is 0 Å². The van der Waals surface area contributed by atoms with E-state index in [2.05, 4.69) is 33.9 Å². The van der Waals surface area contributed by atoms with Gasteiger partial charge in [-0.25, -0.2) is 0 Å². The number of benzene rings is 1. The fourth-order valence-electron chi connectivity index (χ4n) is 2.45. The van der Waals surface area contributed by atoms with Crippen molar-refractivity contribution >= 4 is 14.1 Å². The Labute approximate surface area is 146 Å². The van der Waals surface area contributed by atoms with Gasteiger partial charge in [-0.1, -0.05) is 51.1 Å². The molecule has 1 saturated heterocycles. The Morgan fingerprint density at radius 1 is 1.17 bits per heavy atom. The van der Waals surface area contributed by atoms with Crippen LogP contribution in [0.3, 0.4) is 0 Å². The third-order valence-electron chi connectivity index (χ3n) is 4.91. The molecule has 2 rings (SSSR count). The second-order valence-electron chi connectivity index (χ2n) is 8.40. The standard InChI is InChI=1S/C19H30O4Si/c1-18(2,3)24(6,7)21-13-15-17(23-19(4,5)22-15)16(20)14-11-9-8-10-12-14/h8-12,15,17H,13H2,1-7H3/t15-,17-/m1/s1. The fourth-order valence-corrected chi connectivity index (χ4v) is 3.47. The summed E-state index contributed by atoms with van der Waals surface area (Å²) in [6.07, 6.45) is -1.02. The Morgan fingerprint density at radius 2 is 1.75 bits per heavy atom. The van der Waals surface area contributed by atoms with Gasteiger partial charge in [-0.2, -0.15) is 0 Å². The van der Waals surface area contributed by atoms with Crippen LogP contribution in [0.15, 0.2) is 30.3 Å². The maximum Gasteiger partial charge on any atom is 0.194 e. The predicted molar refractivity (Wildman–Crippen MR) is 97.7 cm³/mol. The Balaban J connectivity index is 2.13. The first kappa shape index (κ1) is 19.3. The summed E-state index contributed by atoms with van der Waals surface area (Å²) in [7, 11) is -1.91. The highest BCUT2D eigenvalue weighted by atomic mass is 28.4. The van der Waals surface area contributed by atoms with Crippen LogP contribution in [0.25, 0.3) is 0 Å². The molecule has 24 heavy (non-hydrogen) atoms. The van der Waals surface area contributed by atoms with Crippen molar-refractivity contribution in [3.63, 3.8) is 0 Å². The highest BCUT2D eigenvalue weighted by Gasteiger charge is 2.47. The van der Waals surface area contributed by atoms with Gasteiger partial charge in [0.2, 0.25) is 0 Å². The summed E-state index contributed by atoms with van der Waals surface area (Å²) < 4.78 is 18.1. The van der Waals surface area contributed by atoms with Crippen LogP contribution in [0, 0.1) is 0 Å². The molecule has 1 fully saturated rings. The molecule has 1 aliphatic rings. The summed E-state index contributed by atoms with van der Waals surface area (Å²) in [6, 6.07) is 9.22. The zero-order chi connectivity index (χ0) is 18.2. The summed E-state index contributed by atoms with van der Waals surface area (Å²) in [5.74, 6) is -0.832. The Morgan fingerprint density at radius 3 is 2.29 bits per heavy atom. The second kappa shape index (κ2) is 6.71. The smallest absolute Gasteiger partial charge is 0.194 e. The number of ether oxygens (including phenoxy) is 2. The molecule has 0 amide bonds. The van der Waals surface area contributed by atoms with E-state index in [0.717, 1.165) is 0 Å².